The van der Waals surface area contributed by atoms with Gasteiger partial charge in [-0.3, -0.25) is 4.90 Å². The minimum atomic E-state index is -0.515. The summed E-state index contributed by atoms with van der Waals surface area (Å²) in [7, 11) is 0. The van der Waals surface area contributed by atoms with Crippen LogP contribution in [0.15, 0.2) is 18.2 Å². The van der Waals surface area contributed by atoms with Crippen LogP contribution in [0.3, 0.4) is 0 Å². The number of halogens is 2. The van der Waals surface area contributed by atoms with Gasteiger partial charge in [0.1, 0.15) is 11.6 Å². The highest BCUT2D eigenvalue weighted by molar-refractivity contribution is 5.23. The molecule has 1 aromatic rings. The lowest BCUT2D eigenvalue weighted by atomic mass is 9.93. The fourth-order valence-corrected chi connectivity index (χ4v) is 2.42. The molecule has 0 radical (unpaired) electrons. The molecule has 1 rings (SSSR count). The molecule has 0 spiro atoms. The molecule has 0 aromatic heterocycles. The summed E-state index contributed by atoms with van der Waals surface area (Å²) in [5.74, 6) is -0.851. The Morgan fingerprint density at radius 1 is 1.16 bits per heavy atom. The van der Waals surface area contributed by atoms with Crippen LogP contribution < -0.4 is 0 Å². The predicted octanol–water partition coefficient (Wildman–Crippen LogP) is 4.58. The average molecular weight is 269 g/mol. The molecule has 0 unspecified atom stereocenters. The molecule has 0 aliphatic carbocycles. The second-order valence-electron chi connectivity index (χ2n) is 5.98. The van der Waals surface area contributed by atoms with E-state index in [-0.39, 0.29) is 11.5 Å². The summed E-state index contributed by atoms with van der Waals surface area (Å²) in [5.41, 5.74) is 0.671. The smallest absolute Gasteiger partial charge is 0.129 e. The number of likely N-dealkylation sites (N-methyl/N-ethyl adjacent to an activating group) is 1. The first-order chi connectivity index (χ1) is 8.79. The maximum Gasteiger partial charge on any atom is 0.129 e. The lowest BCUT2D eigenvalue weighted by Gasteiger charge is -2.37. The fraction of sp³-hybridized carbons (Fsp3) is 0.625. The Kier molecular flexibility index (Phi) is 5.48. The van der Waals surface area contributed by atoms with Crippen LogP contribution in [0.1, 0.15) is 52.5 Å². The van der Waals surface area contributed by atoms with Crippen molar-refractivity contribution in [2.75, 3.05) is 13.1 Å². The van der Waals surface area contributed by atoms with Crippen molar-refractivity contribution >= 4 is 0 Å². The molecule has 1 nitrogen and oxygen atoms in total. The highest BCUT2D eigenvalue weighted by Crippen LogP contribution is 2.26. The predicted molar refractivity (Wildman–Crippen MR) is 76.4 cm³/mol. The average Bonchev–Trinajstić information content (AvgIpc) is 2.30. The van der Waals surface area contributed by atoms with Crippen LogP contribution in [0.2, 0.25) is 0 Å². The molecular formula is C16H25F2N. The van der Waals surface area contributed by atoms with Crippen LogP contribution >= 0.6 is 0 Å². The standard InChI is InChI=1S/C16H25F2N/c1-6-12(11-19(7-2)16(3,4)5)14-9-8-13(17)10-15(14)18/h8-10,12H,6-7,11H2,1-5H3/t12-/m0/s1. The van der Waals surface area contributed by atoms with E-state index in [1.54, 1.807) is 6.07 Å². The Morgan fingerprint density at radius 3 is 2.21 bits per heavy atom. The van der Waals surface area contributed by atoms with Gasteiger partial charge in [0.15, 0.2) is 0 Å². The summed E-state index contributed by atoms with van der Waals surface area (Å²) in [6, 6.07) is 3.90. The molecule has 0 heterocycles. The summed E-state index contributed by atoms with van der Waals surface area (Å²) < 4.78 is 26.9. The largest absolute Gasteiger partial charge is 0.298 e. The maximum absolute atomic E-state index is 13.9. The zero-order valence-electron chi connectivity index (χ0n) is 12.6. The summed E-state index contributed by atoms with van der Waals surface area (Å²) in [4.78, 5) is 2.32. The molecule has 0 N–H and O–H groups in total. The van der Waals surface area contributed by atoms with Crippen molar-refractivity contribution in [3.63, 3.8) is 0 Å². The van der Waals surface area contributed by atoms with Crippen LogP contribution in [0.25, 0.3) is 0 Å². The Morgan fingerprint density at radius 2 is 1.79 bits per heavy atom. The summed E-state index contributed by atoms with van der Waals surface area (Å²) in [6.45, 7) is 12.3. The van der Waals surface area contributed by atoms with Crippen LogP contribution in [0.5, 0.6) is 0 Å². The number of rotatable bonds is 5. The first-order valence-corrected chi connectivity index (χ1v) is 6.99. The van der Waals surface area contributed by atoms with Gasteiger partial charge in [0.2, 0.25) is 0 Å². The number of hydrogen-bond donors (Lipinski definition) is 0. The first kappa shape index (κ1) is 16.1. The van der Waals surface area contributed by atoms with Crippen molar-refractivity contribution in [3.05, 3.63) is 35.4 Å². The second-order valence-corrected chi connectivity index (χ2v) is 5.98. The molecule has 0 fully saturated rings. The van der Waals surface area contributed by atoms with Gasteiger partial charge in [0.05, 0.1) is 0 Å². The third-order valence-electron chi connectivity index (χ3n) is 3.67. The van der Waals surface area contributed by atoms with Gasteiger partial charge < -0.3 is 0 Å². The Labute approximate surface area is 115 Å². The number of nitrogens with zero attached hydrogens (tertiary/aromatic N) is 1. The van der Waals surface area contributed by atoms with Gasteiger partial charge in [0, 0.05) is 18.2 Å². The molecule has 3 heteroatoms. The van der Waals surface area contributed by atoms with Crippen molar-refractivity contribution in [2.24, 2.45) is 0 Å². The van der Waals surface area contributed by atoms with Crippen molar-refractivity contribution < 1.29 is 8.78 Å². The molecule has 0 saturated carbocycles. The first-order valence-electron chi connectivity index (χ1n) is 6.99. The topological polar surface area (TPSA) is 3.24 Å². The minimum Gasteiger partial charge on any atom is -0.298 e. The van der Waals surface area contributed by atoms with Gasteiger partial charge in [-0.1, -0.05) is 19.9 Å². The third-order valence-corrected chi connectivity index (χ3v) is 3.67. The molecule has 0 bridgehead atoms. The highest BCUT2D eigenvalue weighted by atomic mass is 19.1. The highest BCUT2D eigenvalue weighted by Gasteiger charge is 2.24. The van der Waals surface area contributed by atoms with Gasteiger partial charge in [-0.05, 0) is 51.3 Å². The molecule has 0 aliphatic heterocycles. The molecule has 1 atom stereocenters. The quantitative estimate of drug-likeness (QED) is 0.756. The molecule has 0 amide bonds. The summed E-state index contributed by atoms with van der Waals surface area (Å²) in [6.07, 6.45) is 0.842. The van der Waals surface area contributed by atoms with E-state index in [2.05, 4.69) is 32.6 Å². The zero-order valence-corrected chi connectivity index (χ0v) is 12.6. The van der Waals surface area contributed by atoms with Gasteiger partial charge in [-0.15, -0.1) is 0 Å². The Bertz CT molecular complexity index is 410. The minimum absolute atomic E-state index is 0.0542. The normalized spacial score (nSPS) is 13.9. The SMILES string of the molecule is CC[C@@H](CN(CC)C(C)(C)C)c1ccc(F)cc1F. The zero-order chi connectivity index (χ0) is 14.6. The second kappa shape index (κ2) is 6.47. The number of benzene rings is 1. The Balaban J connectivity index is 2.94. The summed E-state index contributed by atoms with van der Waals surface area (Å²) >= 11 is 0. The van der Waals surface area contributed by atoms with E-state index in [1.807, 2.05) is 6.92 Å². The molecule has 0 aliphatic rings. The Hall–Kier alpha value is -0.960. The lowest BCUT2D eigenvalue weighted by Crippen LogP contribution is -2.43. The van der Waals surface area contributed by atoms with Crippen molar-refractivity contribution in [3.8, 4) is 0 Å². The number of hydrogen-bond acceptors (Lipinski definition) is 1. The van der Waals surface area contributed by atoms with E-state index in [0.29, 0.717) is 5.56 Å². The molecule has 19 heavy (non-hydrogen) atoms. The van der Waals surface area contributed by atoms with E-state index in [9.17, 15) is 8.78 Å². The lowest BCUT2D eigenvalue weighted by molar-refractivity contribution is 0.133. The molecule has 0 saturated heterocycles. The maximum atomic E-state index is 13.9. The van der Waals surface area contributed by atoms with Crippen LogP contribution in [-0.2, 0) is 0 Å². The molecule has 1 aromatic carbocycles. The van der Waals surface area contributed by atoms with E-state index < -0.39 is 11.6 Å². The monoisotopic (exact) mass is 269 g/mol. The fourth-order valence-electron chi connectivity index (χ4n) is 2.42. The van der Waals surface area contributed by atoms with Crippen LogP contribution in [-0.4, -0.2) is 23.5 Å². The van der Waals surface area contributed by atoms with E-state index in [0.717, 1.165) is 25.6 Å². The molecular weight excluding hydrogens is 244 g/mol. The molecule has 108 valence electrons. The van der Waals surface area contributed by atoms with Crippen LogP contribution in [0.4, 0.5) is 8.78 Å². The van der Waals surface area contributed by atoms with Crippen molar-refractivity contribution in [1.82, 2.24) is 4.90 Å². The van der Waals surface area contributed by atoms with E-state index in [1.165, 1.54) is 6.07 Å². The summed E-state index contributed by atoms with van der Waals surface area (Å²) in [5, 5.41) is 0. The van der Waals surface area contributed by atoms with Gasteiger partial charge in [0.25, 0.3) is 0 Å². The van der Waals surface area contributed by atoms with Crippen LogP contribution in [0, 0.1) is 11.6 Å². The van der Waals surface area contributed by atoms with Gasteiger partial charge in [-0.25, -0.2) is 8.78 Å². The van der Waals surface area contributed by atoms with Crippen molar-refractivity contribution in [1.29, 1.82) is 0 Å². The van der Waals surface area contributed by atoms with Gasteiger partial charge >= 0.3 is 0 Å². The van der Waals surface area contributed by atoms with Gasteiger partial charge in [-0.2, -0.15) is 0 Å². The third kappa shape index (κ3) is 4.27. The van der Waals surface area contributed by atoms with E-state index in [4.69, 9.17) is 0 Å². The van der Waals surface area contributed by atoms with E-state index >= 15 is 0 Å². The van der Waals surface area contributed by atoms with Crippen molar-refractivity contribution in [2.45, 2.75) is 52.5 Å².